The number of hydrogen-bond acceptors (Lipinski definition) is 3. The Morgan fingerprint density at radius 3 is 0.846 bits per heavy atom. The van der Waals surface area contributed by atoms with E-state index in [1.807, 2.05) is 24.3 Å². The van der Waals surface area contributed by atoms with Crippen molar-refractivity contribution in [2.24, 2.45) is 0 Å². The summed E-state index contributed by atoms with van der Waals surface area (Å²) in [6, 6.07) is 77.6. The van der Waals surface area contributed by atoms with Gasteiger partial charge in [0, 0.05) is 41.7 Å². The molecule has 0 bridgehead atoms. The molecule has 0 spiro atoms. The minimum absolute atomic E-state index is 0.385. The van der Waals surface area contributed by atoms with Crippen LogP contribution in [0.25, 0.3) is 152 Å². The molecule has 0 aliphatic heterocycles. The van der Waals surface area contributed by atoms with Crippen molar-refractivity contribution >= 4 is 86.5 Å². The number of thiophene rings is 1. The molecule has 91 heavy (non-hydrogen) atoms. The lowest BCUT2D eigenvalue weighted by molar-refractivity contribution is 1.17. The molecule has 0 saturated heterocycles. The molecule has 430 valence electrons. The molecule has 0 amide bonds. The van der Waals surface area contributed by atoms with Gasteiger partial charge in [0.2, 0.25) is 11.4 Å². The summed E-state index contributed by atoms with van der Waals surface area (Å²) in [6.45, 7) is 34.7. The molecule has 3 heterocycles. The van der Waals surface area contributed by atoms with Crippen LogP contribution in [0, 0.1) is 91.2 Å². The molecule has 15 aromatic rings. The second-order valence-electron chi connectivity index (χ2n) is 24.4. The van der Waals surface area contributed by atoms with E-state index < -0.39 is 0 Å². The Labute approximate surface area is 533 Å². The number of nitrogens with zero attached hydrogens (tertiary/aromatic N) is 6. The minimum atomic E-state index is 0.385. The predicted molar refractivity (Wildman–Crippen MR) is 380 cm³/mol. The Bertz CT molecular complexity index is 5140. The molecular formula is C84H58N6S. The molecule has 0 saturated carbocycles. The van der Waals surface area contributed by atoms with Gasteiger partial charge >= 0.3 is 0 Å². The van der Waals surface area contributed by atoms with Gasteiger partial charge in [0.25, 0.3) is 0 Å². The van der Waals surface area contributed by atoms with E-state index in [0.717, 1.165) is 108 Å². The fourth-order valence-corrected chi connectivity index (χ4v) is 15.9. The lowest BCUT2D eigenvalue weighted by Gasteiger charge is -2.15. The fraction of sp³-hybridized carbons (Fsp3) is 0.0952. The van der Waals surface area contributed by atoms with Crippen LogP contribution in [0.3, 0.4) is 0 Å². The number of benzene rings is 12. The van der Waals surface area contributed by atoms with Gasteiger partial charge in [-0.3, -0.25) is 0 Å². The SMILES string of the molecule is [C-]#[N+]c1cc(-c2ccc3c(c2)sc2cc(-c4cc(C#N)c(-n5c6ccc(-c7c(C)cccc7C)cc6c6cc(-c7c(C)cccc7C)ccc65)c([N+]#[C-])c4)ccc23)cc(C#N)c1-n1c2ccc(-c3c(C)cccc3C)cc2c2cc(-c3c(C)cccc3C)ccc21. The fourth-order valence-electron chi connectivity index (χ4n) is 14.7. The van der Waals surface area contributed by atoms with Gasteiger partial charge < -0.3 is 9.13 Å². The third-order valence-corrected chi connectivity index (χ3v) is 20.0. The Morgan fingerprint density at radius 1 is 0.308 bits per heavy atom. The van der Waals surface area contributed by atoms with E-state index in [1.165, 1.54) is 66.8 Å². The smallest absolute Gasteiger partial charge is 0.212 e. The van der Waals surface area contributed by atoms with E-state index >= 15 is 0 Å². The van der Waals surface area contributed by atoms with E-state index in [4.69, 9.17) is 13.1 Å². The van der Waals surface area contributed by atoms with Crippen LogP contribution in [0.5, 0.6) is 0 Å². The van der Waals surface area contributed by atoms with E-state index in [1.54, 1.807) is 11.3 Å². The zero-order chi connectivity index (χ0) is 62.7. The summed E-state index contributed by atoms with van der Waals surface area (Å²) in [5, 5.41) is 28.7. The summed E-state index contributed by atoms with van der Waals surface area (Å²) in [5.41, 5.74) is 28.6. The predicted octanol–water partition coefficient (Wildman–Crippen LogP) is 23.6. The van der Waals surface area contributed by atoms with Gasteiger partial charge in [0.05, 0.1) is 69.9 Å². The monoisotopic (exact) mass is 1180 g/mol. The van der Waals surface area contributed by atoms with Crippen molar-refractivity contribution in [2.45, 2.75) is 55.4 Å². The van der Waals surface area contributed by atoms with E-state index in [9.17, 15) is 10.5 Å². The van der Waals surface area contributed by atoms with Gasteiger partial charge in [-0.1, -0.05) is 121 Å². The molecule has 0 fully saturated rings. The van der Waals surface area contributed by atoms with E-state index in [2.05, 4.69) is 268 Å². The lowest BCUT2D eigenvalue weighted by atomic mass is 9.93. The van der Waals surface area contributed by atoms with Gasteiger partial charge in [-0.2, -0.15) is 10.5 Å². The molecule has 0 aliphatic carbocycles. The number of fused-ring (bicyclic) bond motifs is 9. The minimum Gasteiger partial charge on any atom is -0.318 e. The van der Waals surface area contributed by atoms with Crippen molar-refractivity contribution in [3.63, 3.8) is 0 Å². The molecular weight excluding hydrogens is 1130 g/mol. The van der Waals surface area contributed by atoms with Crippen LogP contribution in [0.15, 0.2) is 206 Å². The highest BCUT2D eigenvalue weighted by Crippen LogP contribution is 2.47. The van der Waals surface area contributed by atoms with Crippen molar-refractivity contribution in [3.8, 4) is 90.3 Å². The number of hydrogen-bond donors (Lipinski definition) is 0. The summed E-state index contributed by atoms with van der Waals surface area (Å²) < 4.78 is 6.36. The standard InChI is InChI=1S/C84H58N6S/c1-47-15-11-16-48(2)79(47)57-25-31-73-67(37-57)68-38-58(80-49(3)17-12-18-50(80)4)26-32-74(68)89(73)83-63(45-85)35-61(41-71(83)87-9)55-23-29-65-66-30-24-56(44-78(66)91-77(65)43-55)62-36-64(46-86)84(72(42-62)88-10)90-75-33-27-59(81-51(5)19-13-20-52(81)6)39-69(75)70-40-60(28-34-76(70)90)82-53(7)21-14-22-54(82)8/h11-44H,1-8H3. The first kappa shape index (κ1) is 56.0. The molecule has 0 atom stereocenters. The second-order valence-corrected chi connectivity index (χ2v) is 25.5. The zero-order valence-corrected chi connectivity index (χ0v) is 52.5. The summed E-state index contributed by atoms with van der Waals surface area (Å²) in [4.78, 5) is 8.39. The number of rotatable bonds is 8. The number of aryl methyl sites for hydroxylation is 8. The summed E-state index contributed by atoms with van der Waals surface area (Å²) in [5.74, 6) is 0. The van der Waals surface area contributed by atoms with Crippen molar-refractivity contribution in [2.75, 3.05) is 0 Å². The van der Waals surface area contributed by atoms with Gasteiger partial charge in [0.1, 0.15) is 0 Å². The maximum absolute atomic E-state index is 11.2. The average molecular weight is 1180 g/mol. The Kier molecular flexibility index (Phi) is 13.3. The van der Waals surface area contributed by atoms with E-state index in [-0.39, 0.29) is 0 Å². The molecule has 0 radical (unpaired) electrons. The lowest BCUT2D eigenvalue weighted by Crippen LogP contribution is -1.99. The first-order valence-electron chi connectivity index (χ1n) is 30.6. The van der Waals surface area contributed by atoms with Crippen molar-refractivity contribution in [1.29, 1.82) is 10.5 Å². The third-order valence-electron chi connectivity index (χ3n) is 18.9. The normalized spacial score (nSPS) is 11.5. The first-order valence-corrected chi connectivity index (χ1v) is 31.4. The molecule has 0 N–H and O–H groups in total. The van der Waals surface area contributed by atoms with Crippen molar-refractivity contribution < 1.29 is 0 Å². The van der Waals surface area contributed by atoms with Crippen LogP contribution in [0.4, 0.5) is 11.4 Å². The van der Waals surface area contributed by atoms with Crippen LogP contribution in [-0.4, -0.2) is 9.13 Å². The molecule has 7 heteroatoms. The molecule has 15 rings (SSSR count). The highest BCUT2D eigenvalue weighted by Gasteiger charge is 2.25. The first-order chi connectivity index (χ1) is 44.2. The van der Waals surface area contributed by atoms with Gasteiger partial charge in [-0.15, -0.1) is 11.3 Å². The topological polar surface area (TPSA) is 66.2 Å². The second kappa shape index (κ2) is 21.6. The largest absolute Gasteiger partial charge is 0.318 e. The van der Waals surface area contributed by atoms with Crippen LogP contribution >= 0.6 is 11.3 Å². The summed E-state index contributed by atoms with van der Waals surface area (Å²) in [6.07, 6.45) is 0. The van der Waals surface area contributed by atoms with Gasteiger partial charge in [0.15, 0.2) is 0 Å². The Hall–Kier alpha value is -11.6. The number of nitriles is 2. The molecule has 0 unspecified atom stereocenters. The summed E-state index contributed by atoms with van der Waals surface area (Å²) >= 11 is 1.67. The maximum Gasteiger partial charge on any atom is 0.212 e. The van der Waals surface area contributed by atoms with Gasteiger partial charge in [-0.05, 0) is 252 Å². The van der Waals surface area contributed by atoms with Crippen LogP contribution in [0.1, 0.15) is 55.6 Å². The molecule has 6 nitrogen and oxygen atoms in total. The Balaban J connectivity index is 0.826. The van der Waals surface area contributed by atoms with Crippen LogP contribution < -0.4 is 0 Å². The number of aromatic nitrogens is 2. The molecule has 3 aromatic heterocycles. The van der Waals surface area contributed by atoms with E-state index in [0.29, 0.717) is 33.9 Å². The third kappa shape index (κ3) is 8.93. The Morgan fingerprint density at radius 2 is 0.582 bits per heavy atom. The highest BCUT2D eigenvalue weighted by molar-refractivity contribution is 7.25. The maximum atomic E-state index is 11.2. The molecule has 12 aromatic carbocycles. The molecule has 0 aliphatic rings. The van der Waals surface area contributed by atoms with Crippen molar-refractivity contribution in [3.05, 3.63) is 285 Å². The quantitative estimate of drug-likeness (QED) is 0.142. The zero-order valence-electron chi connectivity index (χ0n) is 51.7. The average Bonchev–Trinajstić information content (AvgIpc) is 1.59. The summed E-state index contributed by atoms with van der Waals surface area (Å²) in [7, 11) is 0. The van der Waals surface area contributed by atoms with Gasteiger partial charge in [-0.25, -0.2) is 9.69 Å². The highest BCUT2D eigenvalue weighted by atomic mass is 32.1. The van der Waals surface area contributed by atoms with Crippen molar-refractivity contribution in [1.82, 2.24) is 9.13 Å². The van der Waals surface area contributed by atoms with Crippen LogP contribution in [0.2, 0.25) is 0 Å². The van der Waals surface area contributed by atoms with Crippen LogP contribution in [-0.2, 0) is 0 Å².